The summed E-state index contributed by atoms with van der Waals surface area (Å²) in [4.78, 5) is 11.3. The molecule has 14 heavy (non-hydrogen) atoms. The van der Waals surface area contributed by atoms with Crippen molar-refractivity contribution in [2.75, 3.05) is 6.54 Å². The van der Waals surface area contributed by atoms with Crippen LogP contribution in [0.2, 0.25) is 0 Å². The number of rotatable bonds is 5. The van der Waals surface area contributed by atoms with Gasteiger partial charge in [-0.1, -0.05) is 34.6 Å². The zero-order valence-electron chi connectivity index (χ0n) is 10.3. The zero-order chi connectivity index (χ0) is 11.8. The van der Waals surface area contributed by atoms with Crippen LogP contribution in [0.15, 0.2) is 0 Å². The number of nitrogens with one attached hydrogen (secondary N) is 1. The zero-order valence-corrected chi connectivity index (χ0v) is 10.3. The van der Waals surface area contributed by atoms with Gasteiger partial charge >= 0.3 is 0 Å². The van der Waals surface area contributed by atoms with Gasteiger partial charge in [0.05, 0.1) is 6.54 Å². The van der Waals surface area contributed by atoms with Gasteiger partial charge in [0.1, 0.15) is 5.60 Å². The van der Waals surface area contributed by atoms with Gasteiger partial charge in [0.15, 0.2) is 5.78 Å². The van der Waals surface area contributed by atoms with Gasteiger partial charge in [0.2, 0.25) is 0 Å². The molecule has 1 unspecified atom stereocenters. The smallest absolute Gasteiger partial charge is 0.177 e. The Morgan fingerprint density at radius 2 is 1.86 bits per heavy atom. The van der Waals surface area contributed by atoms with Crippen molar-refractivity contribution in [3.8, 4) is 0 Å². The topological polar surface area (TPSA) is 49.3 Å². The van der Waals surface area contributed by atoms with Crippen molar-refractivity contribution in [3.63, 3.8) is 0 Å². The van der Waals surface area contributed by atoms with Crippen molar-refractivity contribution < 1.29 is 9.90 Å². The molecule has 0 rings (SSSR count). The van der Waals surface area contributed by atoms with Crippen LogP contribution < -0.4 is 5.32 Å². The Morgan fingerprint density at radius 3 is 2.14 bits per heavy atom. The number of Topliss-reactive ketones (excluding diaryl/α,β-unsaturated/α-hetero) is 1. The molecule has 0 amide bonds. The summed E-state index contributed by atoms with van der Waals surface area (Å²) in [6.07, 6.45) is 0.464. The van der Waals surface area contributed by atoms with Crippen LogP contribution in [0.25, 0.3) is 0 Å². The number of hydrogen-bond donors (Lipinski definition) is 2. The average Bonchev–Trinajstić information content (AvgIpc) is 2.17. The first-order valence-corrected chi connectivity index (χ1v) is 5.39. The van der Waals surface area contributed by atoms with Gasteiger partial charge in [-0.2, -0.15) is 0 Å². The lowest BCUT2D eigenvalue weighted by Crippen LogP contribution is -2.42. The third-order valence-corrected chi connectivity index (χ3v) is 1.96. The minimum atomic E-state index is -1.16. The fraction of sp³-hybridized carbons (Fsp3) is 0.909. The molecule has 0 bridgehead atoms. The number of aliphatic hydroxyl groups is 1. The molecule has 0 aliphatic carbocycles. The highest BCUT2D eigenvalue weighted by Crippen LogP contribution is 2.08. The Morgan fingerprint density at radius 1 is 1.43 bits per heavy atom. The molecule has 0 aliphatic heterocycles. The maximum atomic E-state index is 11.3. The summed E-state index contributed by atoms with van der Waals surface area (Å²) < 4.78 is 0. The monoisotopic (exact) mass is 203 g/mol. The molecule has 0 spiro atoms. The van der Waals surface area contributed by atoms with Gasteiger partial charge in [0.25, 0.3) is 0 Å². The number of hydrogen-bond acceptors (Lipinski definition) is 3. The normalized spacial score (nSPS) is 14.3. The van der Waals surface area contributed by atoms with Crippen molar-refractivity contribution in [3.05, 3.63) is 0 Å². The lowest BCUT2D eigenvalue weighted by molar-refractivity contribution is -0.135. The molecule has 0 radical (unpaired) electrons. The second kappa shape index (κ2) is 7.94. The quantitative estimate of drug-likeness (QED) is 0.715. The molecule has 0 saturated carbocycles. The summed E-state index contributed by atoms with van der Waals surface area (Å²) in [5.41, 5.74) is -1.16. The van der Waals surface area contributed by atoms with E-state index in [1.807, 2.05) is 27.7 Å². The second-order valence-electron chi connectivity index (χ2n) is 3.59. The Balaban J connectivity index is 0. The van der Waals surface area contributed by atoms with E-state index in [0.29, 0.717) is 6.42 Å². The minimum absolute atomic E-state index is 0.140. The molecule has 0 heterocycles. The summed E-state index contributed by atoms with van der Waals surface area (Å²) in [6, 6.07) is 0.279. The summed E-state index contributed by atoms with van der Waals surface area (Å²) in [6.45, 7) is 11.5. The largest absolute Gasteiger partial charge is 0.382 e. The number of carbonyl (C=O) groups excluding carboxylic acids is 1. The lowest BCUT2D eigenvalue weighted by atomic mass is 9.98. The van der Waals surface area contributed by atoms with E-state index in [1.165, 1.54) is 0 Å². The van der Waals surface area contributed by atoms with Crippen molar-refractivity contribution in [2.24, 2.45) is 0 Å². The van der Waals surface area contributed by atoms with Gasteiger partial charge in [-0.3, -0.25) is 4.79 Å². The highest BCUT2D eigenvalue weighted by Gasteiger charge is 2.26. The molecule has 3 heteroatoms. The minimum Gasteiger partial charge on any atom is -0.382 e. The third kappa shape index (κ3) is 7.04. The summed E-state index contributed by atoms with van der Waals surface area (Å²) in [5, 5.41) is 12.5. The van der Waals surface area contributed by atoms with E-state index in [1.54, 1.807) is 13.8 Å². The summed E-state index contributed by atoms with van der Waals surface area (Å²) in [7, 11) is 0. The van der Waals surface area contributed by atoms with Gasteiger partial charge in [-0.25, -0.2) is 0 Å². The van der Waals surface area contributed by atoms with Crippen LogP contribution in [-0.4, -0.2) is 29.1 Å². The summed E-state index contributed by atoms with van der Waals surface area (Å²) >= 11 is 0. The first-order valence-electron chi connectivity index (χ1n) is 5.39. The summed E-state index contributed by atoms with van der Waals surface area (Å²) in [5.74, 6) is -0.140. The van der Waals surface area contributed by atoms with E-state index < -0.39 is 5.60 Å². The van der Waals surface area contributed by atoms with Crippen LogP contribution in [0.4, 0.5) is 0 Å². The first kappa shape index (κ1) is 16.0. The van der Waals surface area contributed by atoms with Gasteiger partial charge in [-0.05, 0) is 13.3 Å². The van der Waals surface area contributed by atoms with Crippen molar-refractivity contribution in [1.29, 1.82) is 0 Å². The van der Waals surface area contributed by atoms with E-state index in [4.69, 9.17) is 0 Å². The van der Waals surface area contributed by atoms with E-state index in [-0.39, 0.29) is 18.4 Å². The third-order valence-electron chi connectivity index (χ3n) is 1.96. The molecule has 86 valence electrons. The Labute approximate surface area is 87.9 Å². The Bertz CT molecular complexity index is 153. The highest BCUT2D eigenvalue weighted by atomic mass is 16.3. The van der Waals surface area contributed by atoms with Crippen LogP contribution in [0.1, 0.15) is 48.0 Å². The maximum absolute atomic E-state index is 11.3. The fourth-order valence-electron chi connectivity index (χ4n) is 0.684. The number of ketones is 1. The Kier molecular flexibility index (Phi) is 9.10. The van der Waals surface area contributed by atoms with Crippen molar-refractivity contribution >= 4 is 5.78 Å². The standard InChI is InChI=1S/C9H19NO2.C2H6/c1-5-9(4,12)8(11)6-10-7(2)3;1-2/h7,10,12H,5-6H2,1-4H3;1-2H3. The van der Waals surface area contributed by atoms with Crippen LogP contribution in [-0.2, 0) is 4.79 Å². The van der Waals surface area contributed by atoms with Crippen molar-refractivity contribution in [2.45, 2.75) is 59.6 Å². The molecule has 3 nitrogen and oxygen atoms in total. The molecule has 0 aliphatic rings. The van der Waals surface area contributed by atoms with Crippen LogP contribution in [0.3, 0.4) is 0 Å². The van der Waals surface area contributed by atoms with E-state index >= 15 is 0 Å². The maximum Gasteiger partial charge on any atom is 0.177 e. The number of carbonyl (C=O) groups is 1. The van der Waals surface area contributed by atoms with Gasteiger partial charge in [-0.15, -0.1) is 0 Å². The SMILES string of the molecule is CC.CCC(C)(O)C(=O)CNC(C)C. The van der Waals surface area contributed by atoms with Gasteiger partial charge < -0.3 is 10.4 Å². The molecular formula is C11H25NO2. The lowest BCUT2D eigenvalue weighted by Gasteiger charge is -2.20. The molecule has 2 N–H and O–H groups in total. The fourth-order valence-corrected chi connectivity index (χ4v) is 0.684. The van der Waals surface area contributed by atoms with Crippen LogP contribution >= 0.6 is 0 Å². The molecule has 0 saturated heterocycles. The van der Waals surface area contributed by atoms with Crippen LogP contribution in [0.5, 0.6) is 0 Å². The second-order valence-corrected chi connectivity index (χ2v) is 3.59. The Hall–Kier alpha value is -0.410. The predicted octanol–water partition coefficient (Wildman–Crippen LogP) is 1.74. The molecule has 0 aromatic rings. The van der Waals surface area contributed by atoms with E-state index in [0.717, 1.165) is 0 Å². The van der Waals surface area contributed by atoms with E-state index in [9.17, 15) is 9.90 Å². The molecule has 0 aromatic carbocycles. The predicted molar refractivity (Wildman–Crippen MR) is 60.4 cm³/mol. The van der Waals surface area contributed by atoms with Gasteiger partial charge in [0, 0.05) is 6.04 Å². The molecule has 1 atom stereocenters. The molecular weight excluding hydrogens is 178 g/mol. The molecule has 0 aromatic heterocycles. The van der Waals surface area contributed by atoms with E-state index in [2.05, 4.69) is 5.32 Å². The molecule has 0 fully saturated rings. The van der Waals surface area contributed by atoms with Crippen LogP contribution in [0, 0.1) is 0 Å². The highest BCUT2D eigenvalue weighted by molar-refractivity contribution is 5.88. The average molecular weight is 203 g/mol. The first-order chi connectivity index (χ1) is 6.40. The van der Waals surface area contributed by atoms with Crippen molar-refractivity contribution in [1.82, 2.24) is 5.32 Å².